The standard InChI is InChI=1S/C43H47F2N9O6/c44-39(45)37-33(48-41(56)32-25-47-53-19-17-35(49-40(32)53)52-20-22-59-23-21-52)26-54(51-37)29-13-9-28(10-14-29)24-46-18-4-2-1-3-6-27-11-15-30(16-12-27)60-34-8-5-7-31-36(34)42(57)50-43(58)38(31)55/h5,7-8,11-12,15-17,19,25-26,28-29,39,46H,1-4,6,9-10,13-14,18,20-24H2,(H,48,56)(H,50,57,58). The molecule has 314 valence electrons. The zero-order valence-corrected chi connectivity index (χ0v) is 33.1. The van der Waals surface area contributed by atoms with Gasteiger partial charge in [-0.25, -0.2) is 18.3 Å². The molecule has 3 aromatic heterocycles. The van der Waals surface area contributed by atoms with Crippen molar-refractivity contribution in [3.8, 4) is 11.5 Å². The Morgan fingerprint density at radius 2 is 1.73 bits per heavy atom. The summed E-state index contributed by atoms with van der Waals surface area (Å²) in [6, 6.07) is 14.1. The van der Waals surface area contributed by atoms with Crippen LogP contribution in [-0.2, 0) is 16.0 Å². The third-order valence-electron chi connectivity index (χ3n) is 11.4. The SMILES string of the molecule is O=C1NC(=O)c2c(Oc3ccc(CCCCCCNCC4CCC(n5cc(NC(=O)c6cnn7ccc(N8CCOCC8)nc67)c(C(F)F)n5)CC4)cc3)cccc2C1=O. The highest BCUT2D eigenvalue weighted by Crippen LogP contribution is 2.35. The molecule has 1 saturated heterocycles. The maximum atomic E-state index is 14.2. The van der Waals surface area contributed by atoms with Gasteiger partial charge in [0.25, 0.3) is 29.9 Å². The van der Waals surface area contributed by atoms with Gasteiger partial charge >= 0.3 is 0 Å². The van der Waals surface area contributed by atoms with E-state index in [1.165, 1.54) is 28.5 Å². The Kier molecular flexibility index (Phi) is 12.5. The highest BCUT2D eigenvalue weighted by molar-refractivity contribution is 6.49. The Labute approximate surface area is 344 Å². The van der Waals surface area contributed by atoms with Gasteiger partial charge in [-0.15, -0.1) is 0 Å². The first-order valence-electron chi connectivity index (χ1n) is 20.6. The summed E-state index contributed by atoms with van der Waals surface area (Å²) in [7, 11) is 0. The normalized spacial score (nSPS) is 18.2. The Morgan fingerprint density at radius 1 is 0.950 bits per heavy atom. The number of fused-ring (bicyclic) bond motifs is 2. The van der Waals surface area contributed by atoms with Gasteiger partial charge < -0.3 is 25.0 Å². The van der Waals surface area contributed by atoms with Gasteiger partial charge in [-0.05, 0) is 99.8 Å². The molecule has 3 amide bonds. The zero-order chi connectivity index (χ0) is 41.6. The van der Waals surface area contributed by atoms with E-state index in [-0.39, 0.29) is 34.2 Å². The van der Waals surface area contributed by atoms with Crippen LogP contribution in [0.15, 0.2) is 67.1 Å². The minimum Gasteiger partial charge on any atom is -0.457 e. The van der Waals surface area contributed by atoms with Gasteiger partial charge in [0, 0.05) is 31.0 Å². The molecular formula is C43H47F2N9O6. The van der Waals surface area contributed by atoms with Crippen molar-refractivity contribution in [3.05, 3.63) is 95.1 Å². The van der Waals surface area contributed by atoms with Crippen molar-refractivity contribution < 1.29 is 37.4 Å². The smallest absolute Gasteiger partial charge is 0.299 e. The van der Waals surface area contributed by atoms with Crippen molar-refractivity contribution in [2.45, 2.75) is 70.3 Å². The van der Waals surface area contributed by atoms with Crippen LogP contribution in [-0.4, -0.2) is 87.3 Å². The van der Waals surface area contributed by atoms with Gasteiger partial charge in [0.05, 0.1) is 36.7 Å². The fraction of sp³-hybridized carbons (Fsp3) is 0.419. The number of unbranched alkanes of at least 4 members (excludes halogenated alkanes) is 3. The molecule has 1 saturated carbocycles. The number of morpholine rings is 1. The minimum absolute atomic E-state index is 0.00839. The van der Waals surface area contributed by atoms with E-state index >= 15 is 0 Å². The molecule has 2 aliphatic heterocycles. The lowest BCUT2D eigenvalue weighted by atomic mass is 9.86. The summed E-state index contributed by atoms with van der Waals surface area (Å²) in [5, 5.41) is 16.8. The number of nitrogens with zero attached hydrogens (tertiary/aromatic N) is 6. The molecule has 5 heterocycles. The number of anilines is 2. The number of aryl methyl sites for hydroxylation is 1. The number of carbonyl (C=O) groups is 4. The predicted molar refractivity (Wildman–Crippen MR) is 217 cm³/mol. The molecule has 0 radical (unpaired) electrons. The molecule has 60 heavy (non-hydrogen) atoms. The van der Waals surface area contributed by atoms with Gasteiger partial charge in [-0.2, -0.15) is 10.2 Å². The number of carbonyl (C=O) groups excluding carboxylic acids is 4. The number of ether oxygens (including phenoxy) is 2. The molecule has 2 fully saturated rings. The highest BCUT2D eigenvalue weighted by Gasteiger charge is 2.33. The van der Waals surface area contributed by atoms with E-state index in [4.69, 9.17) is 9.47 Å². The summed E-state index contributed by atoms with van der Waals surface area (Å²) in [6.45, 7) is 4.37. The van der Waals surface area contributed by atoms with E-state index in [0.29, 0.717) is 49.4 Å². The summed E-state index contributed by atoms with van der Waals surface area (Å²) in [5.74, 6) is -0.996. The molecule has 5 aromatic rings. The molecule has 17 heteroatoms. The second-order valence-corrected chi connectivity index (χ2v) is 15.5. The summed E-state index contributed by atoms with van der Waals surface area (Å²) in [5.41, 5.74) is 1.33. The lowest BCUT2D eigenvalue weighted by Gasteiger charge is -2.29. The lowest BCUT2D eigenvalue weighted by molar-refractivity contribution is -0.116. The Hall–Kier alpha value is -6.07. The van der Waals surface area contributed by atoms with Crippen LogP contribution >= 0.6 is 0 Å². The van der Waals surface area contributed by atoms with Gasteiger partial charge in [0.15, 0.2) is 11.3 Å². The largest absolute Gasteiger partial charge is 0.457 e. The Morgan fingerprint density at radius 3 is 2.52 bits per heavy atom. The van der Waals surface area contributed by atoms with Crippen molar-refractivity contribution in [1.82, 2.24) is 35.0 Å². The van der Waals surface area contributed by atoms with Crippen LogP contribution in [0.4, 0.5) is 20.3 Å². The number of nitrogens with one attached hydrogen (secondary N) is 3. The van der Waals surface area contributed by atoms with Crippen molar-refractivity contribution >= 4 is 40.7 Å². The molecule has 0 unspecified atom stereocenters. The summed E-state index contributed by atoms with van der Waals surface area (Å²) >= 11 is 0. The van der Waals surface area contributed by atoms with Gasteiger partial charge in [0.2, 0.25) is 0 Å². The van der Waals surface area contributed by atoms with Gasteiger partial charge in [-0.3, -0.25) is 29.2 Å². The first-order valence-corrected chi connectivity index (χ1v) is 20.6. The van der Waals surface area contributed by atoms with E-state index in [1.807, 2.05) is 30.3 Å². The number of imide groups is 1. The molecule has 1 aliphatic carbocycles. The average Bonchev–Trinajstić information content (AvgIpc) is 3.89. The zero-order valence-electron chi connectivity index (χ0n) is 33.1. The van der Waals surface area contributed by atoms with Crippen LogP contribution in [0, 0.1) is 5.92 Å². The monoisotopic (exact) mass is 823 g/mol. The first kappa shape index (κ1) is 40.7. The number of benzene rings is 2. The van der Waals surface area contributed by atoms with E-state index in [0.717, 1.165) is 70.9 Å². The lowest BCUT2D eigenvalue weighted by Crippen LogP contribution is -2.42. The number of amides is 3. The number of hydrogen-bond acceptors (Lipinski definition) is 11. The summed E-state index contributed by atoms with van der Waals surface area (Å²) in [4.78, 5) is 56.4. The van der Waals surface area contributed by atoms with E-state index in [1.54, 1.807) is 23.0 Å². The number of aromatic nitrogens is 5. The molecular weight excluding hydrogens is 777 g/mol. The molecule has 15 nitrogen and oxygen atoms in total. The Balaban J connectivity index is 0.735. The minimum atomic E-state index is -2.85. The summed E-state index contributed by atoms with van der Waals surface area (Å²) in [6.07, 6.45) is 10.6. The quantitative estimate of drug-likeness (QED) is 0.0577. The molecule has 3 aliphatic rings. The van der Waals surface area contributed by atoms with Crippen molar-refractivity contribution in [2.75, 3.05) is 49.6 Å². The molecule has 2 aromatic carbocycles. The van der Waals surface area contributed by atoms with Crippen LogP contribution < -0.4 is 25.6 Å². The predicted octanol–water partition coefficient (Wildman–Crippen LogP) is 6.32. The van der Waals surface area contributed by atoms with Crippen LogP contribution in [0.5, 0.6) is 11.5 Å². The number of rotatable bonds is 16. The number of alkyl halides is 2. The highest BCUT2D eigenvalue weighted by atomic mass is 19.3. The van der Waals surface area contributed by atoms with E-state index in [9.17, 15) is 28.0 Å². The van der Waals surface area contributed by atoms with Crippen molar-refractivity contribution in [2.24, 2.45) is 5.92 Å². The van der Waals surface area contributed by atoms with Crippen molar-refractivity contribution in [3.63, 3.8) is 0 Å². The van der Waals surface area contributed by atoms with Crippen LogP contribution in [0.25, 0.3) is 5.65 Å². The molecule has 8 rings (SSSR count). The van der Waals surface area contributed by atoms with Crippen LogP contribution in [0.3, 0.4) is 0 Å². The van der Waals surface area contributed by atoms with Crippen LogP contribution in [0.2, 0.25) is 0 Å². The molecule has 0 spiro atoms. The topological polar surface area (TPSA) is 174 Å². The van der Waals surface area contributed by atoms with Crippen LogP contribution in [0.1, 0.15) is 106 Å². The fourth-order valence-electron chi connectivity index (χ4n) is 8.12. The fourth-order valence-corrected chi connectivity index (χ4v) is 8.12. The summed E-state index contributed by atoms with van der Waals surface area (Å²) < 4.78 is 42.8. The maximum Gasteiger partial charge on any atom is 0.299 e. The van der Waals surface area contributed by atoms with Crippen molar-refractivity contribution in [1.29, 1.82) is 0 Å². The molecule has 0 atom stereocenters. The Bertz CT molecular complexity index is 2350. The maximum absolute atomic E-state index is 14.2. The van der Waals surface area contributed by atoms with E-state index in [2.05, 4.69) is 36.0 Å². The van der Waals surface area contributed by atoms with Gasteiger partial charge in [0.1, 0.15) is 22.9 Å². The molecule has 3 N–H and O–H groups in total. The average molecular weight is 824 g/mol. The van der Waals surface area contributed by atoms with Gasteiger partial charge in [-0.1, -0.05) is 31.0 Å². The number of Topliss-reactive ketones (excluding diaryl/α,β-unsaturated/α-hetero) is 1. The number of halogens is 2. The first-order chi connectivity index (χ1) is 29.2. The second-order valence-electron chi connectivity index (χ2n) is 15.5. The second kappa shape index (κ2) is 18.5. The third kappa shape index (κ3) is 9.21. The number of ketones is 1. The van der Waals surface area contributed by atoms with E-state index < -0.39 is 35.6 Å². The number of hydrogen-bond donors (Lipinski definition) is 3. The third-order valence-corrected chi connectivity index (χ3v) is 11.4. The molecule has 0 bridgehead atoms.